The topological polar surface area (TPSA) is 32.5 Å². The number of anilines is 1. The first-order valence-corrected chi connectivity index (χ1v) is 7.87. The van der Waals surface area contributed by atoms with Gasteiger partial charge in [0.2, 0.25) is 0 Å². The molecule has 0 spiro atoms. The lowest BCUT2D eigenvalue weighted by molar-refractivity contribution is 0.216. The van der Waals surface area contributed by atoms with Gasteiger partial charge < -0.3 is 10.6 Å². The Balaban J connectivity index is 1.53. The number of benzene rings is 1. The van der Waals surface area contributed by atoms with E-state index in [9.17, 15) is 0 Å². The van der Waals surface area contributed by atoms with Crippen LogP contribution in [0.1, 0.15) is 11.1 Å². The van der Waals surface area contributed by atoms with Gasteiger partial charge in [-0.25, -0.2) is 0 Å². The van der Waals surface area contributed by atoms with E-state index in [1.54, 1.807) is 0 Å². The summed E-state index contributed by atoms with van der Waals surface area (Å²) >= 11 is 2.08. The molecular formula is C14H21N3S. The molecule has 98 valence electrons. The Hall–Kier alpha value is -0.710. The zero-order valence-electron chi connectivity index (χ0n) is 10.8. The lowest BCUT2D eigenvalue weighted by Crippen LogP contribution is -2.38. The summed E-state index contributed by atoms with van der Waals surface area (Å²) in [6.07, 6.45) is 0. The molecule has 1 aromatic rings. The van der Waals surface area contributed by atoms with Crippen molar-refractivity contribution >= 4 is 17.4 Å². The Bertz CT molecular complexity index is 416. The monoisotopic (exact) mass is 263 g/mol. The first-order chi connectivity index (χ1) is 8.83. The van der Waals surface area contributed by atoms with Crippen LogP contribution in [0, 0.1) is 0 Å². The van der Waals surface area contributed by atoms with Gasteiger partial charge >= 0.3 is 0 Å². The fourth-order valence-electron chi connectivity index (χ4n) is 2.78. The van der Waals surface area contributed by atoms with E-state index in [0.29, 0.717) is 0 Å². The molecule has 1 aromatic carbocycles. The Labute approximate surface area is 113 Å². The van der Waals surface area contributed by atoms with Crippen molar-refractivity contribution in [3.8, 4) is 0 Å². The number of hydrogen-bond donors (Lipinski definition) is 1. The summed E-state index contributed by atoms with van der Waals surface area (Å²) in [5, 5.41) is 0. The summed E-state index contributed by atoms with van der Waals surface area (Å²) in [5.74, 6) is 2.60. The van der Waals surface area contributed by atoms with Crippen LogP contribution in [0.15, 0.2) is 18.2 Å². The minimum atomic E-state index is 0.962. The van der Waals surface area contributed by atoms with Gasteiger partial charge in [0.05, 0.1) is 0 Å². The lowest BCUT2D eigenvalue weighted by atomic mass is 10.1. The number of rotatable bonds is 3. The average molecular weight is 263 g/mol. The first-order valence-electron chi connectivity index (χ1n) is 6.71. The van der Waals surface area contributed by atoms with Crippen molar-refractivity contribution in [3.63, 3.8) is 0 Å². The summed E-state index contributed by atoms with van der Waals surface area (Å²) in [6, 6.07) is 6.30. The highest BCUT2D eigenvalue weighted by Gasteiger charge is 2.21. The van der Waals surface area contributed by atoms with E-state index < -0.39 is 0 Å². The van der Waals surface area contributed by atoms with E-state index in [1.807, 2.05) is 6.07 Å². The average Bonchev–Trinajstić information content (AvgIpc) is 2.82. The van der Waals surface area contributed by atoms with Crippen LogP contribution in [0.25, 0.3) is 0 Å². The first kappa shape index (κ1) is 12.3. The molecule has 2 aliphatic rings. The number of hydrogen-bond acceptors (Lipinski definition) is 4. The molecule has 1 saturated heterocycles. The van der Waals surface area contributed by atoms with Crippen molar-refractivity contribution in [2.45, 2.75) is 13.1 Å². The largest absolute Gasteiger partial charge is 0.398 e. The lowest BCUT2D eigenvalue weighted by Gasteiger charge is -2.28. The predicted octanol–water partition coefficient (Wildman–Crippen LogP) is 1.63. The van der Waals surface area contributed by atoms with Gasteiger partial charge in [0, 0.05) is 56.5 Å². The van der Waals surface area contributed by atoms with Crippen LogP contribution in [0.4, 0.5) is 5.69 Å². The Morgan fingerprint density at radius 1 is 1.06 bits per heavy atom. The molecule has 4 heteroatoms. The van der Waals surface area contributed by atoms with E-state index >= 15 is 0 Å². The molecule has 2 aliphatic heterocycles. The van der Waals surface area contributed by atoms with Crippen molar-refractivity contribution in [2.75, 3.05) is 43.4 Å². The molecule has 0 saturated carbocycles. The van der Waals surface area contributed by atoms with Crippen molar-refractivity contribution in [1.82, 2.24) is 9.80 Å². The van der Waals surface area contributed by atoms with Crippen LogP contribution < -0.4 is 5.73 Å². The van der Waals surface area contributed by atoms with Crippen molar-refractivity contribution in [2.24, 2.45) is 0 Å². The third-order valence-electron chi connectivity index (χ3n) is 3.92. The number of nitrogens with zero attached hydrogens (tertiary/aromatic N) is 2. The molecule has 0 aliphatic carbocycles. The zero-order valence-corrected chi connectivity index (χ0v) is 11.6. The zero-order chi connectivity index (χ0) is 12.4. The molecule has 1 fully saturated rings. The molecule has 0 bridgehead atoms. The van der Waals surface area contributed by atoms with Crippen LogP contribution in [0.3, 0.4) is 0 Å². The van der Waals surface area contributed by atoms with Gasteiger partial charge in [-0.3, -0.25) is 4.90 Å². The smallest absolute Gasteiger partial charge is 0.0363 e. The number of fused-ring (bicyclic) bond motifs is 1. The number of nitrogens with two attached hydrogens (primary N) is 1. The Morgan fingerprint density at radius 2 is 1.83 bits per heavy atom. The molecule has 3 nitrogen and oxygen atoms in total. The standard InChI is InChI=1S/C14H21N3S/c15-14-3-1-2-12-10-17(11-13(12)14)5-4-16-6-8-18-9-7-16/h1-3H,4-11,15H2. The summed E-state index contributed by atoms with van der Waals surface area (Å²) in [6.45, 7) is 6.99. The highest BCUT2D eigenvalue weighted by molar-refractivity contribution is 7.99. The quantitative estimate of drug-likeness (QED) is 0.840. The molecule has 2 heterocycles. The van der Waals surface area contributed by atoms with Crippen LogP contribution in [-0.2, 0) is 13.1 Å². The molecule has 2 N–H and O–H groups in total. The van der Waals surface area contributed by atoms with E-state index in [-0.39, 0.29) is 0 Å². The second-order valence-corrected chi connectivity index (χ2v) is 6.37. The molecule has 0 radical (unpaired) electrons. The van der Waals surface area contributed by atoms with E-state index in [4.69, 9.17) is 5.73 Å². The maximum absolute atomic E-state index is 6.03. The van der Waals surface area contributed by atoms with Gasteiger partial charge in [-0.05, 0) is 17.2 Å². The molecule has 0 unspecified atom stereocenters. The molecular weight excluding hydrogens is 242 g/mol. The van der Waals surface area contributed by atoms with E-state index in [2.05, 4.69) is 33.7 Å². The van der Waals surface area contributed by atoms with Crippen LogP contribution in [-0.4, -0.2) is 47.5 Å². The fourth-order valence-corrected chi connectivity index (χ4v) is 3.76. The van der Waals surface area contributed by atoms with Crippen molar-refractivity contribution in [1.29, 1.82) is 0 Å². The van der Waals surface area contributed by atoms with Gasteiger partial charge in [0.25, 0.3) is 0 Å². The van der Waals surface area contributed by atoms with Crippen LogP contribution >= 0.6 is 11.8 Å². The third-order valence-corrected chi connectivity index (χ3v) is 4.86. The predicted molar refractivity (Wildman–Crippen MR) is 78.7 cm³/mol. The molecule has 18 heavy (non-hydrogen) atoms. The second-order valence-electron chi connectivity index (χ2n) is 5.15. The van der Waals surface area contributed by atoms with Gasteiger partial charge in [-0.1, -0.05) is 12.1 Å². The highest BCUT2D eigenvalue weighted by Crippen LogP contribution is 2.27. The summed E-state index contributed by atoms with van der Waals surface area (Å²) < 4.78 is 0. The minimum Gasteiger partial charge on any atom is -0.398 e. The maximum atomic E-state index is 6.03. The van der Waals surface area contributed by atoms with Gasteiger partial charge in [-0.2, -0.15) is 11.8 Å². The minimum absolute atomic E-state index is 0.962. The Morgan fingerprint density at radius 3 is 2.61 bits per heavy atom. The van der Waals surface area contributed by atoms with E-state index in [0.717, 1.165) is 18.8 Å². The van der Waals surface area contributed by atoms with Crippen molar-refractivity contribution < 1.29 is 0 Å². The van der Waals surface area contributed by atoms with Gasteiger partial charge in [0.1, 0.15) is 0 Å². The van der Waals surface area contributed by atoms with E-state index in [1.165, 1.54) is 48.8 Å². The normalized spacial score (nSPS) is 21.1. The molecule has 0 aromatic heterocycles. The summed E-state index contributed by atoms with van der Waals surface area (Å²) in [5.41, 5.74) is 9.77. The second kappa shape index (κ2) is 5.51. The molecule has 0 atom stereocenters. The van der Waals surface area contributed by atoms with Gasteiger partial charge in [0.15, 0.2) is 0 Å². The Kier molecular flexibility index (Phi) is 3.77. The third kappa shape index (κ3) is 2.66. The van der Waals surface area contributed by atoms with Gasteiger partial charge in [-0.15, -0.1) is 0 Å². The van der Waals surface area contributed by atoms with Crippen molar-refractivity contribution in [3.05, 3.63) is 29.3 Å². The summed E-state index contributed by atoms with van der Waals surface area (Å²) in [4.78, 5) is 5.10. The molecule has 0 amide bonds. The van der Waals surface area contributed by atoms with Crippen LogP contribution in [0.5, 0.6) is 0 Å². The number of thioether (sulfide) groups is 1. The number of nitrogen functional groups attached to an aromatic ring is 1. The summed E-state index contributed by atoms with van der Waals surface area (Å²) in [7, 11) is 0. The van der Waals surface area contributed by atoms with Crippen LogP contribution in [0.2, 0.25) is 0 Å². The molecule has 3 rings (SSSR count). The fraction of sp³-hybridized carbons (Fsp3) is 0.571. The SMILES string of the molecule is Nc1cccc2c1CN(CCN1CCSCC1)C2. The maximum Gasteiger partial charge on any atom is 0.0363 e. The highest BCUT2D eigenvalue weighted by atomic mass is 32.2.